The van der Waals surface area contributed by atoms with Crippen LogP contribution in [-0.4, -0.2) is 28.8 Å². The number of aromatic nitrogens is 1. The van der Waals surface area contributed by atoms with E-state index in [0.29, 0.717) is 5.92 Å². The zero-order valence-electron chi connectivity index (χ0n) is 13.2. The Bertz CT molecular complexity index is 554. The minimum atomic E-state index is 0.116. The van der Waals surface area contributed by atoms with Crippen LogP contribution in [0.3, 0.4) is 0 Å². The van der Waals surface area contributed by atoms with E-state index in [-0.39, 0.29) is 5.78 Å². The Balaban J connectivity index is 1.77. The van der Waals surface area contributed by atoms with E-state index in [1.807, 2.05) is 0 Å². The van der Waals surface area contributed by atoms with E-state index in [9.17, 15) is 4.79 Å². The minimum Gasteiger partial charge on any atom is -0.354 e. The van der Waals surface area contributed by atoms with Gasteiger partial charge in [0, 0.05) is 31.3 Å². The Morgan fingerprint density at radius 1 is 1.43 bits per heavy atom. The number of nitrogens with zero attached hydrogens (tertiary/aromatic N) is 1. The molecule has 1 N–H and O–H groups in total. The lowest BCUT2D eigenvalue weighted by atomic mass is 10.00. The van der Waals surface area contributed by atoms with Crippen LogP contribution in [0.15, 0.2) is 12.6 Å². The first-order valence-electron chi connectivity index (χ1n) is 8.19. The number of likely N-dealkylation sites (tertiary alicyclic amines) is 1. The molecule has 3 nitrogen and oxygen atoms in total. The molecule has 0 aromatic carbocycles. The van der Waals surface area contributed by atoms with Crippen molar-refractivity contribution in [3.8, 4) is 0 Å². The summed E-state index contributed by atoms with van der Waals surface area (Å²) in [7, 11) is 0. The molecule has 2 heterocycles. The standard InChI is InChI=1S/C18H26N2O/c1-12-5-4-8-20(10-12)11-16-9-17(13(2)15-6-7-15)18(19-16)14(3)21/h9,12,15,19H,2,4-8,10-11H2,1,3H3/t12-/m0/s1. The number of ketones is 1. The molecule has 114 valence electrons. The summed E-state index contributed by atoms with van der Waals surface area (Å²) in [6.45, 7) is 11.4. The maximum Gasteiger partial charge on any atom is 0.176 e. The van der Waals surface area contributed by atoms with E-state index in [4.69, 9.17) is 0 Å². The van der Waals surface area contributed by atoms with Gasteiger partial charge in [-0.3, -0.25) is 9.69 Å². The predicted octanol–water partition coefficient (Wildman–Crippen LogP) is 3.87. The molecule has 1 saturated carbocycles. The normalized spacial score (nSPS) is 23.2. The van der Waals surface area contributed by atoms with E-state index in [1.165, 1.54) is 25.7 Å². The number of rotatable bonds is 5. The second-order valence-corrected chi connectivity index (χ2v) is 6.92. The van der Waals surface area contributed by atoms with Crippen molar-refractivity contribution in [2.75, 3.05) is 13.1 Å². The Hall–Kier alpha value is -1.35. The summed E-state index contributed by atoms with van der Waals surface area (Å²) in [6, 6.07) is 2.16. The van der Waals surface area contributed by atoms with Crippen LogP contribution in [0.25, 0.3) is 5.57 Å². The fourth-order valence-electron chi connectivity index (χ4n) is 3.45. The molecule has 21 heavy (non-hydrogen) atoms. The van der Waals surface area contributed by atoms with Crippen molar-refractivity contribution in [2.45, 2.75) is 46.1 Å². The smallest absolute Gasteiger partial charge is 0.176 e. The SMILES string of the molecule is C=C(c1cc(CN2CCC[C@H](C)C2)[nH]c1C(C)=O)C1CC1. The molecule has 0 unspecified atom stereocenters. The summed E-state index contributed by atoms with van der Waals surface area (Å²) < 4.78 is 0. The summed E-state index contributed by atoms with van der Waals surface area (Å²) in [5.74, 6) is 1.49. The molecule has 1 aliphatic heterocycles. The first-order valence-corrected chi connectivity index (χ1v) is 8.19. The van der Waals surface area contributed by atoms with E-state index in [2.05, 4.69) is 29.5 Å². The van der Waals surface area contributed by atoms with Crippen molar-refractivity contribution in [1.82, 2.24) is 9.88 Å². The third-order valence-corrected chi connectivity index (χ3v) is 4.78. The van der Waals surface area contributed by atoms with Gasteiger partial charge < -0.3 is 4.98 Å². The highest BCUT2D eigenvalue weighted by atomic mass is 16.1. The van der Waals surface area contributed by atoms with Crippen molar-refractivity contribution in [2.24, 2.45) is 11.8 Å². The van der Waals surface area contributed by atoms with Gasteiger partial charge in [-0.25, -0.2) is 0 Å². The molecule has 2 aliphatic rings. The molecule has 1 atom stereocenters. The highest BCUT2D eigenvalue weighted by Gasteiger charge is 2.28. The second-order valence-electron chi connectivity index (χ2n) is 6.92. The summed E-state index contributed by atoms with van der Waals surface area (Å²) in [5.41, 5.74) is 4.12. The highest BCUT2D eigenvalue weighted by Crippen LogP contribution is 2.42. The van der Waals surface area contributed by atoms with Gasteiger partial charge in [0.15, 0.2) is 5.78 Å². The van der Waals surface area contributed by atoms with E-state index < -0.39 is 0 Å². The number of nitrogens with one attached hydrogen (secondary N) is 1. The molecule has 3 rings (SSSR count). The molecular weight excluding hydrogens is 260 g/mol. The quantitative estimate of drug-likeness (QED) is 0.834. The molecule has 0 amide bonds. The first kappa shape index (κ1) is 14.6. The molecule has 0 radical (unpaired) electrons. The van der Waals surface area contributed by atoms with Crippen LogP contribution >= 0.6 is 0 Å². The van der Waals surface area contributed by atoms with Crippen LogP contribution in [0.2, 0.25) is 0 Å². The molecule has 1 aliphatic carbocycles. The van der Waals surface area contributed by atoms with Crippen LogP contribution < -0.4 is 0 Å². The zero-order chi connectivity index (χ0) is 15.0. The lowest BCUT2D eigenvalue weighted by Gasteiger charge is -2.30. The number of hydrogen-bond donors (Lipinski definition) is 1. The van der Waals surface area contributed by atoms with Crippen LogP contribution in [0.4, 0.5) is 0 Å². The lowest BCUT2D eigenvalue weighted by Crippen LogP contribution is -2.33. The molecular formula is C18H26N2O. The largest absolute Gasteiger partial charge is 0.354 e. The van der Waals surface area contributed by atoms with Gasteiger partial charge >= 0.3 is 0 Å². The number of hydrogen-bond acceptors (Lipinski definition) is 2. The van der Waals surface area contributed by atoms with Gasteiger partial charge in [0.2, 0.25) is 0 Å². The van der Waals surface area contributed by atoms with Gasteiger partial charge in [0.05, 0.1) is 5.69 Å². The average molecular weight is 286 g/mol. The van der Waals surface area contributed by atoms with Gasteiger partial charge in [-0.15, -0.1) is 0 Å². The predicted molar refractivity (Wildman–Crippen MR) is 86.2 cm³/mol. The van der Waals surface area contributed by atoms with Crippen molar-refractivity contribution >= 4 is 11.4 Å². The fourth-order valence-corrected chi connectivity index (χ4v) is 3.45. The third kappa shape index (κ3) is 3.29. The van der Waals surface area contributed by atoms with Gasteiger partial charge in [0.1, 0.15) is 0 Å². The number of allylic oxidation sites excluding steroid dienone is 1. The monoisotopic (exact) mass is 286 g/mol. The van der Waals surface area contributed by atoms with Gasteiger partial charge in [0.25, 0.3) is 0 Å². The average Bonchev–Trinajstić information content (AvgIpc) is 3.19. The van der Waals surface area contributed by atoms with Gasteiger partial charge in [-0.05, 0) is 55.7 Å². The fraction of sp³-hybridized carbons (Fsp3) is 0.611. The molecule has 1 aromatic heterocycles. The summed E-state index contributed by atoms with van der Waals surface area (Å²) >= 11 is 0. The molecule has 1 aromatic rings. The second kappa shape index (κ2) is 5.80. The van der Waals surface area contributed by atoms with Crippen molar-refractivity contribution in [1.29, 1.82) is 0 Å². The Morgan fingerprint density at radius 3 is 2.81 bits per heavy atom. The van der Waals surface area contributed by atoms with Crippen molar-refractivity contribution in [3.05, 3.63) is 29.6 Å². The van der Waals surface area contributed by atoms with E-state index >= 15 is 0 Å². The topological polar surface area (TPSA) is 36.1 Å². The van der Waals surface area contributed by atoms with Crippen LogP contribution in [0.1, 0.15) is 61.3 Å². The number of piperidine rings is 1. The number of carbonyl (C=O) groups is 1. The molecule has 0 spiro atoms. The maximum atomic E-state index is 11.9. The summed E-state index contributed by atoms with van der Waals surface area (Å²) in [5, 5.41) is 0. The summed E-state index contributed by atoms with van der Waals surface area (Å²) in [6.07, 6.45) is 5.06. The van der Waals surface area contributed by atoms with Crippen LogP contribution in [0.5, 0.6) is 0 Å². The first-order chi connectivity index (χ1) is 10.0. The van der Waals surface area contributed by atoms with E-state index in [1.54, 1.807) is 6.92 Å². The number of Topliss-reactive ketones (excluding diaryl/α,β-unsaturated/α-hetero) is 1. The molecule has 1 saturated heterocycles. The molecule has 2 fully saturated rings. The molecule has 3 heteroatoms. The number of aromatic amines is 1. The lowest BCUT2D eigenvalue weighted by molar-refractivity contribution is 0.101. The van der Waals surface area contributed by atoms with Gasteiger partial charge in [-0.2, -0.15) is 0 Å². The number of carbonyl (C=O) groups excluding carboxylic acids is 1. The molecule has 0 bridgehead atoms. The van der Waals surface area contributed by atoms with Crippen molar-refractivity contribution < 1.29 is 4.79 Å². The van der Waals surface area contributed by atoms with Crippen LogP contribution in [-0.2, 0) is 6.54 Å². The number of H-pyrrole nitrogens is 1. The Kier molecular flexibility index (Phi) is 4.03. The zero-order valence-corrected chi connectivity index (χ0v) is 13.2. The van der Waals surface area contributed by atoms with Crippen LogP contribution in [0, 0.1) is 11.8 Å². The summed E-state index contributed by atoms with van der Waals surface area (Å²) in [4.78, 5) is 17.7. The van der Waals surface area contributed by atoms with E-state index in [0.717, 1.165) is 48.1 Å². The minimum absolute atomic E-state index is 0.116. The Labute approximate surface area is 127 Å². The Morgan fingerprint density at radius 2 is 2.19 bits per heavy atom. The van der Waals surface area contributed by atoms with Gasteiger partial charge in [-0.1, -0.05) is 13.5 Å². The maximum absolute atomic E-state index is 11.9. The van der Waals surface area contributed by atoms with Crippen molar-refractivity contribution in [3.63, 3.8) is 0 Å². The third-order valence-electron chi connectivity index (χ3n) is 4.78. The highest BCUT2D eigenvalue weighted by molar-refractivity contribution is 5.97.